The topological polar surface area (TPSA) is 55.4 Å². The van der Waals surface area contributed by atoms with Crippen LogP contribution < -0.4 is 10.1 Å². The zero-order valence-corrected chi connectivity index (χ0v) is 14.9. The molecule has 2 aromatic carbocycles. The van der Waals surface area contributed by atoms with Gasteiger partial charge in [0, 0.05) is 16.0 Å². The summed E-state index contributed by atoms with van der Waals surface area (Å²) in [6.45, 7) is 6.15. The molecule has 0 atom stereocenters. The van der Waals surface area contributed by atoms with E-state index in [2.05, 4.69) is 26.1 Å². The average molecular weight is 343 g/mol. The third kappa shape index (κ3) is 6.08. The summed E-state index contributed by atoms with van der Waals surface area (Å²) in [7, 11) is 0. The van der Waals surface area contributed by atoms with Crippen LogP contribution in [0.1, 0.15) is 31.1 Å². The molecule has 4 nitrogen and oxygen atoms in total. The number of thioether (sulfide) groups is 1. The number of benzene rings is 2. The van der Waals surface area contributed by atoms with Crippen LogP contribution in [0.3, 0.4) is 0 Å². The molecule has 0 aromatic heterocycles. The average Bonchev–Trinajstić information content (AvgIpc) is 2.55. The van der Waals surface area contributed by atoms with E-state index in [1.54, 1.807) is 36.4 Å². The molecule has 0 fully saturated rings. The minimum absolute atomic E-state index is 0.0184. The molecule has 1 N–H and O–H groups in total. The lowest BCUT2D eigenvalue weighted by atomic mass is 10.2. The predicted molar refractivity (Wildman–Crippen MR) is 98.7 cm³/mol. The fraction of sp³-hybridized carbons (Fsp3) is 0.263. The molecule has 0 unspecified atom stereocenters. The second kappa shape index (κ2) is 8.02. The lowest BCUT2D eigenvalue weighted by molar-refractivity contribution is -0.131. The van der Waals surface area contributed by atoms with Gasteiger partial charge in [-0.2, -0.15) is 0 Å². The summed E-state index contributed by atoms with van der Waals surface area (Å²) in [6.07, 6.45) is 0. The van der Waals surface area contributed by atoms with Crippen LogP contribution >= 0.6 is 11.8 Å². The zero-order valence-electron chi connectivity index (χ0n) is 14.0. The standard InChI is InChI=1S/C19H21NO3S/c1-19(2,3)24-13-17(21)23-16-11-9-15(10-12-16)20-18(22)14-7-5-4-6-8-14/h4-12H,13H2,1-3H3,(H,20,22). The number of amides is 1. The van der Waals surface area contributed by atoms with Gasteiger partial charge in [-0.15, -0.1) is 11.8 Å². The number of hydrogen-bond acceptors (Lipinski definition) is 4. The van der Waals surface area contributed by atoms with Gasteiger partial charge in [0.05, 0.1) is 5.75 Å². The summed E-state index contributed by atoms with van der Waals surface area (Å²) in [6, 6.07) is 15.7. The number of rotatable bonds is 5. The molecule has 0 aliphatic carbocycles. The third-order valence-corrected chi connectivity index (χ3v) is 4.25. The number of esters is 1. The highest BCUT2D eigenvalue weighted by Crippen LogP contribution is 2.23. The Bertz CT molecular complexity index is 691. The van der Waals surface area contributed by atoms with Crippen LogP contribution in [0.15, 0.2) is 54.6 Å². The maximum Gasteiger partial charge on any atom is 0.321 e. The molecular weight excluding hydrogens is 322 g/mol. The minimum atomic E-state index is -0.281. The first-order chi connectivity index (χ1) is 11.3. The first-order valence-corrected chi connectivity index (χ1v) is 8.63. The molecular formula is C19H21NO3S. The van der Waals surface area contributed by atoms with Gasteiger partial charge in [-0.25, -0.2) is 0 Å². The smallest absolute Gasteiger partial charge is 0.321 e. The minimum Gasteiger partial charge on any atom is -0.426 e. The van der Waals surface area contributed by atoms with E-state index in [-0.39, 0.29) is 16.6 Å². The Hall–Kier alpha value is -2.27. The van der Waals surface area contributed by atoms with Crippen molar-refractivity contribution in [3.63, 3.8) is 0 Å². The Morgan fingerprint density at radius 1 is 1.00 bits per heavy atom. The SMILES string of the molecule is CC(C)(C)SCC(=O)Oc1ccc(NC(=O)c2ccccc2)cc1. The molecule has 126 valence electrons. The Kier molecular flexibility index (Phi) is 6.04. The van der Waals surface area contributed by atoms with Gasteiger partial charge in [-0.1, -0.05) is 39.0 Å². The van der Waals surface area contributed by atoms with Crippen molar-refractivity contribution in [2.75, 3.05) is 11.1 Å². The maximum atomic E-state index is 12.1. The number of carbonyl (C=O) groups is 2. The fourth-order valence-corrected chi connectivity index (χ4v) is 2.45. The number of carbonyl (C=O) groups excluding carboxylic acids is 2. The Morgan fingerprint density at radius 2 is 1.62 bits per heavy atom. The van der Waals surface area contributed by atoms with Crippen molar-refractivity contribution in [2.24, 2.45) is 0 Å². The van der Waals surface area contributed by atoms with E-state index in [9.17, 15) is 9.59 Å². The quantitative estimate of drug-likeness (QED) is 0.647. The molecule has 24 heavy (non-hydrogen) atoms. The highest BCUT2D eigenvalue weighted by molar-refractivity contribution is 8.01. The Balaban J connectivity index is 1.89. The van der Waals surface area contributed by atoms with Gasteiger partial charge >= 0.3 is 5.97 Å². The molecule has 0 aliphatic rings. The van der Waals surface area contributed by atoms with Crippen LogP contribution in [0.5, 0.6) is 5.75 Å². The van der Waals surface area contributed by atoms with Crippen LogP contribution in [0.2, 0.25) is 0 Å². The first-order valence-electron chi connectivity index (χ1n) is 7.64. The molecule has 0 heterocycles. The van der Waals surface area contributed by atoms with Crippen molar-refractivity contribution in [3.05, 3.63) is 60.2 Å². The number of anilines is 1. The van der Waals surface area contributed by atoms with Gasteiger partial charge in [-0.05, 0) is 36.4 Å². The summed E-state index contributed by atoms with van der Waals surface area (Å²) < 4.78 is 5.30. The lowest BCUT2D eigenvalue weighted by Gasteiger charge is -2.16. The predicted octanol–water partition coefficient (Wildman–Crippen LogP) is 4.38. The van der Waals surface area contributed by atoms with Crippen molar-refractivity contribution in [3.8, 4) is 5.75 Å². The summed E-state index contributed by atoms with van der Waals surface area (Å²) in [5.41, 5.74) is 1.24. The van der Waals surface area contributed by atoms with Crippen molar-refractivity contribution >= 4 is 29.3 Å². The summed E-state index contributed by atoms with van der Waals surface area (Å²) in [5.74, 6) is 0.306. The normalized spacial score (nSPS) is 11.0. The third-order valence-electron chi connectivity index (χ3n) is 3.00. The van der Waals surface area contributed by atoms with E-state index < -0.39 is 0 Å². The van der Waals surface area contributed by atoms with E-state index in [4.69, 9.17) is 4.74 Å². The molecule has 1 amide bonds. The Morgan fingerprint density at radius 3 is 2.21 bits per heavy atom. The van der Waals surface area contributed by atoms with Gasteiger partial charge < -0.3 is 10.1 Å². The Labute approximate surface area is 146 Å². The zero-order chi connectivity index (χ0) is 17.6. The van der Waals surface area contributed by atoms with Gasteiger partial charge in [-0.3, -0.25) is 9.59 Å². The maximum absolute atomic E-state index is 12.1. The molecule has 0 radical (unpaired) electrons. The van der Waals surface area contributed by atoms with Crippen molar-refractivity contribution in [1.82, 2.24) is 0 Å². The van der Waals surface area contributed by atoms with E-state index in [0.29, 0.717) is 22.8 Å². The monoisotopic (exact) mass is 343 g/mol. The van der Waals surface area contributed by atoms with Crippen molar-refractivity contribution in [2.45, 2.75) is 25.5 Å². The molecule has 0 saturated heterocycles. The number of nitrogens with one attached hydrogen (secondary N) is 1. The van der Waals surface area contributed by atoms with Crippen LogP contribution in [0.25, 0.3) is 0 Å². The fourth-order valence-electron chi connectivity index (χ4n) is 1.84. The number of ether oxygens (including phenoxy) is 1. The van der Waals surface area contributed by atoms with Gasteiger partial charge in [0.25, 0.3) is 5.91 Å². The van der Waals surface area contributed by atoms with Gasteiger partial charge in [0.15, 0.2) is 0 Å². The first kappa shape index (κ1) is 18.1. The molecule has 2 aromatic rings. The van der Waals surface area contributed by atoms with E-state index >= 15 is 0 Å². The summed E-state index contributed by atoms with van der Waals surface area (Å²) in [4.78, 5) is 23.9. The highest BCUT2D eigenvalue weighted by atomic mass is 32.2. The van der Waals surface area contributed by atoms with Crippen LogP contribution in [0.4, 0.5) is 5.69 Å². The lowest BCUT2D eigenvalue weighted by Crippen LogP contribution is -2.17. The van der Waals surface area contributed by atoms with Crippen LogP contribution in [-0.2, 0) is 4.79 Å². The molecule has 2 rings (SSSR count). The molecule has 0 aliphatic heterocycles. The second-order valence-corrected chi connectivity index (χ2v) is 8.02. The second-order valence-electron chi connectivity index (χ2n) is 6.22. The van der Waals surface area contributed by atoms with E-state index in [1.165, 1.54) is 11.8 Å². The summed E-state index contributed by atoms with van der Waals surface area (Å²) in [5, 5.41) is 2.80. The molecule has 5 heteroatoms. The van der Waals surface area contributed by atoms with Crippen molar-refractivity contribution in [1.29, 1.82) is 0 Å². The van der Waals surface area contributed by atoms with E-state index in [1.807, 2.05) is 18.2 Å². The molecule has 0 spiro atoms. The molecule has 0 bridgehead atoms. The number of hydrogen-bond donors (Lipinski definition) is 1. The summed E-state index contributed by atoms with van der Waals surface area (Å²) >= 11 is 1.54. The molecule has 0 saturated carbocycles. The highest BCUT2D eigenvalue weighted by Gasteiger charge is 2.14. The van der Waals surface area contributed by atoms with Gasteiger partial charge in [0.2, 0.25) is 0 Å². The van der Waals surface area contributed by atoms with Crippen LogP contribution in [0, 0.1) is 0 Å². The van der Waals surface area contributed by atoms with Crippen LogP contribution in [-0.4, -0.2) is 22.4 Å². The largest absolute Gasteiger partial charge is 0.426 e. The van der Waals surface area contributed by atoms with E-state index in [0.717, 1.165) is 0 Å². The van der Waals surface area contributed by atoms with Crippen molar-refractivity contribution < 1.29 is 14.3 Å². The van der Waals surface area contributed by atoms with Gasteiger partial charge in [0.1, 0.15) is 5.75 Å².